The van der Waals surface area contributed by atoms with Crippen molar-refractivity contribution in [3.8, 4) is 17.0 Å². The van der Waals surface area contributed by atoms with Crippen LogP contribution in [0, 0.1) is 0 Å². The molecule has 142 valence electrons. The van der Waals surface area contributed by atoms with E-state index in [1.807, 2.05) is 41.1 Å². The fraction of sp³-hybridized carbons (Fsp3) is 0.227. The van der Waals surface area contributed by atoms with Crippen LogP contribution in [0.25, 0.3) is 11.3 Å². The predicted molar refractivity (Wildman–Crippen MR) is 105 cm³/mol. The molecule has 0 atom stereocenters. The first-order valence-electron chi connectivity index (χ1n) is 9.32. The van der Waals surface area contributed by atoms with Crippen LogP contribution >= 0.6 is 0 Å². The maximum Gasteiger partial charge on any atom is 0.252 e. The molecule has 4 rings (SSSR count). The van der Waals surface area contributed by atoms with Gasteiger partial charge in [-0.3, -0.25) is 9.59 Å². The first-order valence-corrected chi connectivity index (χ1v) is 9.32. The summed E-state index contributed by atoms with van der Waals surface area (Å²) in [6.45, 7) is 0.936. The standard InChI is InChI=1S/C22H21N3O3/c23-22(27)21-17-7-4-8-19(26)16(17)9-10-20(21)28-12-11-25-13-18(24-14-25)15-5-2-1-3-6-15/h1-3,5-6,9-10,13-14H,4,7-8,11-12H2,(H2,23,27). The van der Waals surface area contributed by atoms with Gasteiger partial charge in [0.05, 0.1) is 24.1 Å². The number of ether oxygens (including phenoxy) is 1. The number of imidazole rings is 1. The Morgan fingerprint density at radius 2 is 1.96 bits per heavy atom. The van der Waals surface area contributed by atoms with Gasteiger partial charge < -0.3 is 15.0 Å². The average molecular weight is 375 g/mol. The smallest absolute Gasteiger partial charge is 0.252 e. The first-order chi connectivity index (χ1) is 13.6. The summed E-state index contributed by atoms with van der Waals surface area (Å²) in [5, 5.41) is 0. The third kappa shape index (κ3) is 3.53. The number of carbonyl (C=O) groups is 2. The van der Waals surface area contributed by atoms with Crippen LogP contribution in [0.2, 0.25) is 0 Å². The molecular weight excluding hydrogens is 354 g/mol. The summed E-state index contributed by atoms with van der Waals surface area (Å²) < 4.78 is 7.80. The summed E-state index contributed by atoms with van der Waals surface area (Å²) in [6.07, 6.45) is 5.62. The molecule has 2 aromatic carbocycles. The Morgan fingerprint density at radius 1 is 1.14 bits per heavy atom. The van der Waals surface area contributed by atoms with Crippen LogP contribution in [-0.4, -0.2) is 27.8 Å². The van der Waals surface area contributed by atoms with Crippen molar-refractivity contribution in [1.29, 1.82) is 0 Å². The van der Waals surface area contributed by atoms with Crippen LogP contribution in [0.4, 0.5) is 0 Å². The number of rotatable bonds is 6. The van der Waals surface area contributed by atoms with Gasteiger partial charge >= 0.3 is 0 Å². The first kappa shape index (κ1) is 18.0. The van der Waals surface area contributed by atoms with E-state index >= 15 is 0 Å². The molecule has 1 aliphatic rings. The summed E-state index contributed by atoms with van der Waals surface area (Å²) in [6, 6.07) is 13.4. The fourth-order valence-electron chi connectivity index (χ4n) is 3.60. The van der Waals surface area contributed by atoms with Crippen molar-refractivity contribution in [3.05, 3.63) is 71.7 Å². The monoisotopic (exact) mass is 375 g/mol. The van der Waals surface area contributed by atoms with Gasteiger partial charge in [0.1, 0.15) is 12.4 Å². The van der Waals surface area contributed by atoms with Crippen LogP contribution in [0.3, 0.4) is 0 Å². The minimum absolute atomic E-state index is 0.0576. The lowest BCUT2D eigenvalue weighted by Crippen LogP contribution is -2.21. The van der Waals surface area contributed by atoms with E-state index in [2.05, 4.69) is 4.98 Å². The summed E-state index contributed by atoms with van der Waals surface area (Å²) in [5.74, 6) is -0.0675. The molecule has 6 nitrogen and oxygen atoms in total. The lowest BCUT2D eigenvalue weighted by Gasteiger charge is -2.20. The number of carbonyl (C=O) groups excluding carboxylic acids is 2. The molecule has 1 amide bonds. The van der Waals surface area contributed by atoms with Gasteiger partial charge in [0.2, 0.25) is 0 Å². The molecule has 0 radical (unpaired) electrons. The average Bonchev–Trinajstić information content (AvgIpc) is 3.17. The van der Waals surface area contributed by atoms with Gasteiger partial charge in [-0.05, 0) is 30.5 Å². The maximum atomic E-state index is 12.1. The second-order valence-electron chi connectivity index (χ2n) is 6.82. The summed E-state index contributed by atoms with van der Waals surface area (Å²) >= 11 is 0. The number of nitrogens with zero attached hydrogens (tertiary/aromatic N) is 2. The number of hydrogen-bond acceptors (Lipinski definition) is 4. The highest BCUT2D eigenvalue weighted by Gasteiger charge is 2.25. The Balaban J connectivity index is 1.48. The van der Waals surface area contributed by atoms with E-state index in [9.17, 15) is 9.59 Å². The van der Waals surface area contributed by atoms with Gasteiger partial charge in [-0.15, -0.1) is 0 Å². The second-order valence-corrected chi connectivity index (χ2v) is 6.82. The Morgan fingerprint density at radius 3 is 2.75 bits per heavy atom. The van der Waals surface area contributed by atoms with Crippen LogP contribution in [0.15, 0.2) is 55.0 Å². The van der Waals surface area contributed by atoms with Crippen molar-refractivity contribution in [2.45, 2.75) is 25.8 Å². The number of benzene rings is 2. The van der Waals surface area contributed by atoms with Gasteiger partial charge in [-0.25, -0.2) is 4.98 Å². The van der Waals surface area contributed by atoms with E-state index in [4.69, 9.17) is 10.5 Å². The summed E-state index contributed by atoms with van der Waals surface area (Å²) in [7, 11) is 0. The minimum Gasteiger partial charge on any atom is -0.491 e. The highest BCUT2D eigenvalue weighted by molar-refractivity contribution is 6.05. The molecule has 3 aromatic rings. The third-order valence-corrected chi connectivity index (χ3v) is 4.96. The SMILES string of the molecule is NC(=O)c1c(OCCn2cnc(-c3ccccc3)c2)ccc2c1CCCC2=O. The zero-order chi connectivity index (χ0) is 19.5. The molecule has 2 N–H and O–H groups in total. The number of Topliss-reactive ketones (excluding diaryl/α,β-unsaturated/α-hetero) is 1. The molecule has 28 heavy (non-hydrogen) atoms. The maximum absolute atomic E-state index is 12.1. The van der Waals surface area contributed by atoms with Gasteiger partial charge in [0, 0.05) is 23.7 Å². The molecule has 0 unspecified atom stereocenters. The molecular formula is C22H21N3O3. The highest BCUT2D eigenvalue weighted by Crippen LogP contribution is 2.31. The minimum atomic E-state index is -0.560. The lowest BCUT2D eigenvalue weighted by atomic mass is 9.86. The van der Waals surface area contributed by atoms with E-state index in [1.54, 1.807) is 18.5 Å². The Kier molecular flexibility index (Phi) is 4.93. The van der Waals surface area contributed by atoms with Crippen LogP contribution < -0.4 is 10.5 Å². The molecule has 6 heteroatoms. The van der Waals surface area contributed by atoms with Crippen molar-refractivity contribution in [3.63, 3.8) is 0 Å². The van der Waals surface area contributed by atoms with Gasteiger partial charge in [0.25, 0.3) is 5.91 Å². The second kappa shape index (κ2) is 7.68. The number of amides is 1. The normalized spacial score (nSPS) is 13.2. The molecule has 1 heterocycles. The van der Waals surface area contributed by atoms with E-state index in [1.165, 1.54) is 0 Å². The highest BCUT2D eigenvalue weighted by atomic mass is 16.5. The zero-order valence-electron chi connectivity index (χ0n) is 15.4. The summed E-state index contributed by atoms with van der Waals surface area (Å²) in [5.41, 5.74) is 9.18. The van der Waals surface area contributed by atoms with Crippen molar-refractivity contribution in [2.75, 3.05) is 6.61 Å². The zero-order valence-corrected chi connectivity index (χ0v) is 15.4. The molecule has 1 aliphatic carbocycles. The quantitative estimate of drug-likeness (QED) is 0.716. The van der Waals surface area contributed by atoms with Crippen LogP contribution in [-0.2, 0) is 13.0 Å². The van der Waals surface area contributed by atoms with Gasteiger partial charge in [0.15, 0.2) is 5.78 Å². The number of nitrogens with two attached hydrogens (primary N) is 1. The van der Waals surface area contributed by atoms with Crippen molar-refractivity contribution in [1.82, 2.24) is 9.55 Å². The number of aromatic nitrogens is 2. The number of primary amides is 1. The van der Waals surface area contributed by atoms with Crippen molar-refractivity contribution < 1.29 is 14.3 Å². The lowest BCUT2D eigenvalue weighted by molar-refractivity contribution is 0.0971. The van der Waals surface area contributed by atoms with Crippen LogP contribution in [0.5, 0.6) is 5.75 Å². The fourth-order valence-corrected chi connectivity index (χ4v) is 3.60. The van der Waals surface area contributed by atoms with E-state index < -0.39 is 5.91 Å². The number of ketones is 1. The molecule has 0 bridgehead atoms. The molecule has 0 saturated carbocycles. The molecule has 0 saturated heterocycles. The molecule has 1 aromatic heterocycles. The largest absolute Gasteiger partial charge is 0.491 e. The third-order valence-electron chi connectivity index (χ3n) is 4.96. The molecule has 0 spiro atoms. The Labute approximate surface area is 163 Å². The number of fused-ring (bicyclic) bond motifs is 1. The van der Waals surface area contributed by atoms with E-state index in [-0.39, 0.29) is 5.78 Å². The Hall–Kier alpha value is -3.41. The predicted octanol–water partition coefficient (Wildman–Crippen LogP) is 3.25. The Bertz CT molecular complexity index is 1020. The summed E-state index contributed by atoms with van der Waals surface area (Å²) in [4.78, 5) is 28.5. The molecule has 0 aliphatic heterocycles. The number of hydrogen-bond donors (Lipinski definition) is 1. The molecule has 0 fully saturated rings. The van der Waals surface area contributed by atoms with Gasteiger partial charge in [-0.1, -0.05) is 30.3 Å². The topological polar surface area (TPSA) is 87.2 Å². The van der Waals surface area contributed by atoms with Crippen molar-refractivity contribution >= 4 is 11.7 Å². The van der Waals surface area contributed by atoms with Gasteiger partial charge in [-0.2, -0.15) is 0 Å². The van der Waals surface area contributed by atoms with E-state index in [0.29, 0.717) is 42.9 Å². The van der Waals surface area contributed by atoms with Crippen molar-refractivity contribution in [2.24, 2.45) is 5.73 Å². The van der Waals surface area contributed by atoms with Crippen LogP contribution in [0.1, 0.15) is 39.1 Å². The van der Waals surface area contributed by atoms with E-state index in [0.717, 1.165) is 23.2 Å².